The zero-order valence-electron chi connectivity index (χ0n) is 20.9. The Morgan fingerprint density at radius 1 is 0.784 bits per heavy atom. The van der Waals surface area contributed by atoms with E-state index in [9.17, 15) is 0 Å². The molecule has 0 radical (unpaired) electrons. The molecule has 0 spiro atoms. The third-order valence-corrected chi connectivity index (χ3v) is 6.37. The number of nitrogens with zero attached hydrogens (tertiary/aromatic N) is 3. The lowest BCUT2D eigenvalue weighted by Crippen LogP contribution is -2.20. The third kappa shape index (κ3) is 8.07. The van der Waals surface area contributed by atoms with Gasteiger partial charge < -0.3 is 30.7 Å². The molecule has 0 unspecified atom stereocenters. The number of aromatic nitrogens is 4. The smallest absolute Gasteiger partial charge is 0.271 e. The molecule has 11 heteroatoms. The van der Waals surface area contributed by atoms with E-state index in [1.807, 2.05) is 57.3 Å². The van der Waals surface area contributed by atoms with Gasteiger partial charge in [-0.25, -0.2) is 4.98 Å². The van der Waals surface area contributed by atoms with Crippen molar-refractivity contribution in [1.82, 2.24) is 19.9 Å². The lowest BCUT2D eigenvalue weighted by Gasteiger charge is -2.15. The van der Waals surface area contributed by atoms with Crippen LogP contribution >= 0.6 is 45.2 Å². The van der Waals surface area contributed by atoms with Crippen molar-refractivity contribution in [2.45, 2.75) is 27.2 Å². The van der Waals surface area contributed by atoms with Gasteiger partial charge in [0.25, 0.3) is 6.48 Å². The zero-order chi connectivity index (χ0) is 26.8. The molecule has 196 valence electrons. The highest BCUT2D eigenvalue weighted by molar-refractivity contribution is 14.1. The van der Waals surface area contributed by atoms with Gasteiger partial charge in [-0.1, -0.05) is 0 Å². The number of hydrogen-bond acceptors (Lipinski definition) is 8. The first-order chi connectivity index (χ1) is 17.9. The minimum Gasteiger partial charge on any atom is -0.396 e. The Morgan fingerprint density at radius 3 is 1.92 bits per heavy atom. The summed E-state index contributed by atoms with van der Waals surface area (Å²) in [6.07, 6.45) is 5.10. The van der Waals surface area contributed by atoms with E-state index in [4.69, 9.17) is 25.7 Å². The minimum atomic E-state index is -0.472. The van der Waals surface area contributed by atoms with Crippen LogP contribution in [-0.4, -0.2) is 46.2 Å². The molecular formula is C26H30I2N6O3. The Bertz CT molecular complexity index is 1430. The maximum absolute atomic E-state index is 5.82. The van der Waals surface area contributed by atoms with Crippen molar-refractivity contribution in [2.75, 3.05) is 31.3 Å². The number of rotatable bonds is 6. The highest BCUT2D eigenvalue weighted by Gasteiger charge is 2.05. The fourth-order valence-electron chi connectivity index (χ4n) is 3.32. The van der Waals surface area contributed by atoms with E-state index in [0.29, 0.717) is 31.2 Å². The summed E-state index contributed by atoms with van der Waals surface area (Å²) in [5, 5.41) is 2.03. The second-order valence-corrected chi connectivity index (χ2v) is 10.0. The number of fused-ring (bicyclic) bond motifs is 4. The van der Waals surface area contributed by atoms with Crippen LogP contribution in [0.3, 0.4) is 0 Å². The summed E-state index contributed by atoms with van der Waals surface area (Å²) in [5.74, 6) is 0. The van der Waals surface area contributed by atoms with Gasteiger partial charge in [0.1, 0.15) is 0 Å². The minimum absolute atomic E-state index is 0.472. The summed E-state index contributed by atoms with van der Waals surface area (Å²) >= 11 is 4.53. The van der Waals surface area contributed by atoms with Crippen molar-refractivity contribution >= 4 is 89.4 Å². The van der Waals surface area contributed by atoms with E-state index >= 15 is 0 Å². The van der Waals surface area contributed by atoms with Crippen LogP contribution in [0.4, 0.5) is 11.4 Å². The van der Waals surface area contributed by atoms with E-state index in [1.165, 1.54) is 3.57 Å². The number of nitrogens with one attached hydrogen (secondary N) is 1. The molecular weight excluding hydrogens is 698 g/mol. The van der Waals surface area contributed by atoms with E-state index in [1.54, 1.807) is 12.5 Å². The number of aromatic amines is 1. The molecule has 37 heavy (non-hydrogen) atoms. The van der Waals surface area contributed by atoms with Crippen LogP contribution in [0, 0.1) is 7.14 Å². The number of pyridine rings is 2. The fourth-order valence-corrected chi connectivity index (χ4v) is 4.30. The van der Waals surface area contributed by atoms with Crippen molar-refractivity contribution in [2.24, 2.45) is 0 Å². The molecule has 0 fully saturated rings. The number of benzene rings is 2. The molecule has 0 aliphatic heterocycles. The molecule has 3 aromatic heterocycles. The second-order valence-electron chi connectivity index (χ2n) is 7.53. The fraction of sp³-hybridized carbons (Fsp3) is 0.269. The van der Waals surface area contributed by atoms with Gasteiger partial charge in [0.2, 0.25) is 0 Å². The van der Waals surface area contributed by atoms with Gasteiger partial charge in [0.15, 0.2) is 0 Å². The summed E-state index contributed by atoms with van der Waals surface area (Å²) in [5.41, 5.74) is 16.5. The van der Waals surface area contributed by atoms with Gasteiger partial charge in [-0.15, -0.1) is 0 Å². The van der Waals surface area contributed by atoms with Gasteiger partial charge in [-0.05, 0) is 102 Å². The summed E-state index contributed by atoms with van der Waals surface area (Å²) in [6, 6.07) is 12.1. The molecule has 3 heterocycles. The first-order valence-corrected chi connectivity index (χ1v) is 13.8. The van der Waals surface area contributed by atoms with E-state index < -0.39 is 6.48 Å². The molecule has 2 aromatic carbocycles. The number of imidazole rings is 1. The van der Waals surface area contributed by atoms with Crippen molar-refractivity contribution in [3.05, 3.63) is 62.3 Å². The van der Waals surface area contributed by atoms with E-state index in [-0.39, 0.29) is 0 Å². The molecule has 5 aromatic rings. The molecule has 0 saturated carbocycles. The van der Waals surface area contributed by atoms with Crippen LogP contribution in [0.25, 0.3) is 32.8 Å². The SMILES string of the molecule is CCOC(OCC)OCC.Ic1ccc2ncc3[nH]cnc3c2c1.Nc1cnc2ccc(I)cc2c1N. The van der Waals surface area contributed by atoms with Crippen molar-refractivity contribution < 1.29 is 14.2 Å². The van der Waals surface area contributed by atoms with Crippen LogP contribution < -0.4 is 11.5 Å². The van der Waals surface area contributed by atoms with Gasteiger partial charge in [-0.3, -0.25) is 9.97 Å². The number of hydrogen-bond donors (Lipinski definition) is 3. The molecule has 0 bridgehead atoms. The maximum atomic E-state index is 5.82. The van der Waals surface area contributed by atoms with Gasteiger partial charge in [0.05, 0.1) is 52.2 Å². The van der Waals surface area contributed by atoms with Crippen LogP contribution in [0.2, 0.25) is 0 Å². The van der Waals surface area contributed by atoms with Gasteiger partial charge >= 0.3 is 0 Å². The average molecular weight is 728 g/mol. The van der Waals surface area contributed by atoms with Gasteiger partial charge in [-0.2, -0.15) is 0 Å². The standard InChI is InChI=1S/C10H6IN3.C9H8IN3.C7H16O3/c11-6-1-2-8-7(3-6)10-9(4-12-8)13-5-14-10;10-5-1-2-8-6(3-5)9(12)7(11)4-13-8;1-4-8-7(9-5-2)10-6-3/h1-5H,(H,13,14);1-4H,11H2,(H2,12,13);7H,4-6H2,1-3H3. The van der Waals surface area contributed by atoms with E-state index in [0.717, 1.165) is 36.4 Å². The number of ether oxygens (including phenoxy) is 3. The number of nitrogen functional groups attached to an aromatic ring is 2. The average Bonchev–Trinajstić information content (AvgIpc) is 3.38. The summed E-state index contributed by atoms with van der Waals surface area (Å²) in [4.78, 5) is 15.9. The maximum Gasteiger partial charge on any atom is 0.271 e. The number of halogens is 2. The van der Waals surface area contributed by atoms with Crippen molar-refractivity contribution in [3.8, 4) is 0 Å². The normalized spacial score (nSPS) is 10.9. The van der Waals surface area contributed by atoms with Crippen LogP contribution in [0.5, 0.6) is 0 Å². The second kappa shape index (κ2) is 14.6. The largest absolute Gasteiger partial charge is 0.396 e. The molecule has 5 N–H and O–H groups in total. The first kappa shape index (κ1) is 29.2. The summed E-state index contributed by atoms with van der Waals surface area (Å²) in [6.45, 7) is 7.10. The monoisotopic (exact) mass is 728 g/mol. The van der Waals surface area contributed by atoms with Crippen LogP contribution in [-0.2, 0) is 14.2 Å². The third-order valence-electron chi connectivity index (χ3n) is 5.03. The van der Waals surface area contributed by atoms with Crippen LogP contribution in [0.15, 0.2) is 55.1 Å². The highest BCUT2D eigenvalue weighted by Crippen LogP contribution is 2.26. The van der Waals surface area contributed by atoms with E-state index in [2.05, 4.69) is 71.2 Å². The Hall–Kier alpha value is -2.33. The lowest BCUT2D eigenvalue weighted by atomic mass is 10.2. The predicted molar refractivity (Wildman–Crippen MR) is 166 cm³/mol. The number of H-pyrrole nitrogens is 1. The van der Waals surface area contributed by atoms with Gasteiger partial charge in [0, 0.05) is 37.7 Å². The quantitative estimate of drug-likeness (QED) is 0.141. The Morgan fingerprint density at radius 2 is 1.32 bits per heavy atom. The van der Waals surface area contributed by atoms with Crippen molar-refractivity contribution in [3.63, 3.8) is 0 Å². The summed E-state index contributed by atoms with van der Waals surface area (Å²) < 4.78 is 17.6. The molecule has 0 atom stereocenters. The molecule has 0 aliphatic rings. The highest BCUT2D eigenvalue weighted by atomic mass is 127. The first-order valence-electron chi connectivity index (χ1n) is 11.7. The summed E-state index contributed by atoms with van der Waals surface area (Å²) in [7, 11) is 0. The molecule has 0 aliphatic carbocycles. The molecule has 0 saturated heterocycles. The Balaban J connectivity index is 0.000000157. The molecule has 9 nitrogen and oxygen atoms in total. The van der Waals surface area contributed by atoms with Crippen LogP contribution in [0.1, 0.15) is 20.8 Å². The Labute approximate surface area is 243 Å². The van der Waals surface area contributed by atoms with Crippen molar-refractivity contribution in [1.29, 1.82) is 0 Å². The lowest BCUT2D eigenvalue weighted by molar-refractivity contribution is -0.282. The zero-order valence-corrected chi connectivity index (χ0v) is 25.2. The topological polar surface area (TPSA) is 134 Å². The molecule has 0 amide bonds. The predicted octanol–water partition coefficient (Wildman–Crippen LogP) is 6.10. The Kier molecular flexibility index (Phi) is 11.5. The number of anilines is 2. The molecule has 5 rings (SSSR count). The number of nitrogens with two attached hydrogens (primary N) is 2.